The number of halogens is 1. The summed E-state index contributed by atoms with van der Waals surface area (Å²) in [6.07, 6.45) is 2.03. The number of aryl methyl sites for hydroxylation is 2. The Kier molecular flexibility index (Phi) is 3.18. The fourth-order valence-electron chi connectivity index (χ4n) is 2.34. The average Bonchev–Trinajstić information content (AvgIpc) is 2.73. The molecule has 0 aliphatic rings. The Morgan fingerprint density at radius 3 is 2.67 bits per heavy atom. The van der Waals surface area contributed by atoms with E-state index < -0.39 is 0 Å². The summed E-state index contributed by atoms with van der Waals surface area (Å²) in [6, 6.07) is 8.31. The van der Waals surface area contributed by atoms with Gasteiger partial charge in [0.15, 0.2) is 5.75 Å². The number of pyridine rings is 1. The summed E-state index contributed by atoms with van der Waals surface area (Å²) < 4.78 is 7.57. The number of fused-ring (bicyclic) bond motifs is 3. The summed E-state index contributed by atoms with van der Waals surface area (Å²) in [5, 5.41) is 2.38. The van der Waals surface area contributed by atoms with Crippen LogP contribution in [-0.2, 0) is 7.05 Å². The molecular weight excluding hydrogens is 248 g/mol. The molecule has 3 aromatic rings. The topological polar surface area (TPSA) is 28.9 Å². The third-order valence-electron chi connectivity index (χ3n) is 3.37. The standard InChI is InChI=1S/C14H14N2O.ClH/c1-9-14-13(12(17-3)8-16(9)2)10-6-4-5-7-11(10)15-14;/h4-8H,1-3H3;1H. The van der Waals surface area contributed by atoms with E-state index in [1.165, 1.54) is 16.5 Å². The van der Waals surface area contributed by atoms with Gasteiger partial charge in [-0.05, 0) is 6.07 Å². The summed E-state index contributed by atoms with van der Waals surface area (Å²) in [5.74, 6) is 0.908. The zero-order valence-corrected chi connectivity index (χ0v) is 11.4. The normalized spacial score (nSPS) is 10.6. The number of hydrogen-bond donors (Lipinski definition) is 1. The van der Waals surface area contributed by atoms with E-state index >= 15 is 0 Å². The Morgan fingerprint density at radius 2 is 1.94 bits per heavy atom. The zero-order chi connectivity index (χ0) is 12.0. The molecule has 1 N–H and O–H groups in total. The van der Waals surface area contributed by atoms with E-state index in [-0.39, 0.29) is 12.4 Å². The third-order valence-corrected chi connectivity index (χ3v) is 3.37. The maximum absolute atomic E-state index is 5.49. The van der Waals surface area contributed by atoms with E-state index in [0.29, 0.717) is 0 Å². The Hall–Kier alpha value is -1.74. The minimum absolute atomic E-state index is 0. The van der Waals surface area contributed by atoms with E-state index in [1.807, 2.05) is 19.3 Å². The molecule has 0 saturated carbocycles. The maximum Gasteiger partial charge on any atom is 0.211 e. The predicted octanol–water partition coefficient (Wildman–Crippen LogP) is -0.533. The lowest BCUT2D eigenvalue weighted by Gasteiger charge is -2.02. The van der Waals surface area contributed by atoms with Crippen LogP contribution >= 0.6 is 0 Å². The molecular formula is C14H15ClN2O. The molecule has 0 aliphatic carbocycles. The summed E-state index contributed by atoms with van der Waals surface area (Å²) in [7, 11) is 3.74. The first-order valence-corrected chi connectivity index (χ1v) is 5.66. The first kappa shape index (κ1) is 12.7. The summed E-state index contributed by atoms with van der Waals surface area (Å²) in [5.41, 5.74) is 3.50. The number of para-hydroxylation sites is 1. The number of nitrogens with zero attached hydrogens (tertiary/aromatic N) is 1. The second-order valence-corrected chi connectivity index (χ2v) is 4.31. The first-order valence-electron chi connectivity index (χ1n) is 5.66. The van der Waals surface area contributed by atoms with Crippen molar-refractivity contribution in [3.8, 4) is 5.75 Å². The first-order chi connectivity index (χ1) is 8.22. The van der Waals surface area contributed by atoms with Gasteiger partial charge in [-0.15, -0.1) is 0 Å². The van der Waals surface area contributed by atoms with E-state index in [4.69, 9.17) is 4.74 Å². The zero-order valence-electron chi connectivity index (χ0n) is 10.6. The Labute approximate surface area is 112 Å². The van der Waals surface area contributed by atoms with Gasteiger partial charge >= 0.3 is 0 Å². The van der Waals surface area contributed by atoms with Gasteiger partial charge in [0.2, 0.25) is 11.9 Å². The van der Waals surface area contributed by atoms with Crippen molar-refractivity contribution >= 4 is 21.8 Å². The van der Waals surface area contributed by atoms with Gasteiger partial charge in [0.1, 0.15) is 12.6 Å². The lowest BCUT2D eigenvalue weighted by Crippen LogP contribution is -3.00. The van der Waals surface area contributed by atoms with Crippen molar-refractivity contribution in [3.63, 3.8) is 0 Å². The quantitative estimate of drug-likeness (QED) is 0.587. The molecule has 1 aromatic carbocycles. The molecule has 0 atom stereocenters. The molecule has 94 valence electrons. The van der Waals surface area contributed by atoms with Gasteiger partial charge in [-0.25, -0.2) is 4.57 Å². The molecule has 0 unspecified atom stereocenters. The SMILES string of the molecule is COc1c[n+](C)c(C)c2[nH]c3ccccc3c12.[Cl-]. The number of ether oxygens (including phenoxy) is 1. The van der Waals surface area contributed by atoms with E-state index in [2.05, 4.69) is 34.7 Å². The number of aromatic amines is 1. The van der Waals surface area contributed by atoms with Gasteiger partial charge in [0.25, 0.3) is 0 Å². The van der Waals surface area contributed by atoms with Crippen LogP contribution in [0.1, 0.15) is 5.69 Å². The lowest BCUT2D eigenvalue weighted by atomic mass is 10.1. The smallest absolute Gasteiger partial charge is 0.211 e. The lowest BCUT2D eigenvalue weighted by molar-refractivity contribution is -0.676. The second kappa shape index (κ2) is 4.50. The number of aromatic nitrogens is 2. The molecule has 2 aromatic heterocycles. The highest BCUT2D eigenvalue weighted by Crippen LogP contribution is 2.32. The minimum atomic E-state index is 0. The van der Waals surface area contributed by atoms with Crippen LogP contribution in [0.4, 0.5) is 0 Å². The molecule has 3 nitrogen and oxygen atoms in total. The van der Waals surface area contributed by atoms with E-state index in [1.54, 1.807) is 7.11 Å². The van der Waals surface area contributed by atoms with Crippen molar-refractivity contribution in [3.05, 3.63) is 36.2 Å². The number of benzene rings is 1. The van der Waals surface area contributed by atoms with Crippen LogP contribution in [0.15, 0.2) is 30.5 Å². The van der Waals surface area contributed by atoms with Crippen LogP contribution < -0.4 is 21.7 Å². The monoisotopic (exact) mass is 262 g/mol. The van der Waals surface area contributed by atoms with Crippen LogP contribution in [0.3, 0.4) is 0 Å². The van der Waals surface area contributed by atoms with Gasteiger partial charge in [0.05, 0.1) is 12.5 Å². The van der Waals surface area contributed by atoms with Crippen LogP contribution in [0, 0.1) is 6.92 Å². The fraction of sp³-hybridized carbons (Fsp3) is 0.214. The third kappa shape index (κ3) is 1.63. The molecule has 0 aliphatic heterocycles. The minimum Gasteiger partial charge on any atom is -1.00 e. The van der Waals surface area contributed by atoms with Crippen molar-refractivity contribution in [2.45, 2.75) is 6.92 Å². The second-order valence-electron chi connectivity index (χ2n) is 4.31. The average molecular weight is 263 g/mol. The maximum atomic E-state index is 5.49. The summed E-state index contributed by atoms with van der Waals surface area (Å²) in [4.78, 5) is 3.46. The van der Waals surface area contributed by atoms with Crippen LogP contribution in [0.25, 0.3) is 21.8 Å². The molecule has 0 spiro atoms. The Balaban J connectivity index is 0.00000120. The van der Waals surface area contributed by atoms with E-state index in [0.717, 1.165) is 16.8 Å². The van der Waals surface area contributed by atoms with Gasteiger partial charge in [0, 0.05) is 17.8 Å². The molecule has 0 saturated heterocycles. The molecule has 0 amide bonds. The number of hydrogen-bond acceptors (Lipinski definition) is 1. The number of H-pyrrole nitrogens is 1. The van der Waals surface area contributed by atoms with E-state index in [9.17, 15) is 0 Å². The van der Waals surface area contributed by atoms with Crippen molar-refractivity contribution in [1.29, 1.82) is 0 Å². The van der Waals surface area contributed by atoms with Crippen molar-refractivity contribution in [1.82, 2.24) is 4.98 Å². The molecule has 3 rings (SSSR count). The molecule has 0 radical (unpaired) electrons. The van der Waals surface area contributed by atoms with Gasteiger partial charge < -0.3 is 22.1 Å². The number of nitrogens with one attached hydrogen (secondary N) is 1. The van der Waals surface area contributed by atoms with Crippen molar-refractivity contribution < 1.29 is 21.7 Å². The Bertz CT molecular complexity index is 718. The van der Waals surface area contributed by atoms with Crippen LogP contribution in [-0.4, -0.2) is 12.1 Å². The molecule has 2 heterocycles. The predicted molar refractivity (Wildman–Crippen MR) is 68.3 cm³/mol. The highest BCUT2D eigenvalue weighted by Gasteiger charge is 2.17. The molecule has 4 heteroatoms. The molecule has 0 fully saturated rings. The summed E-state index contributed by atoms with van der Waals surface area (Å²) in [6.45, 7) is 2.11. The molecule has 0 bridgehead atoms. The fourth-order valence-corrected chi connectivity index (χ4v) is 2.34. The molecule has 18 heavy (non-hydrogen) atoms. The van der Waals surface area contributed by atoms with Crippen LogP contribution in [0.2, 0.25) is 0 Å². The Morgan fingerprint density at radius 1 is 1.22 bits per heavy atom. The number of rotatable bonds is 1. The largest absolute Gasteiger partial charge is 1.00 e. The van der Waals surface area contributed by atoms with Gasteiger partial charge in [-0.3, -0.25) is 0 Å². The van der Waals surface area contributed by atoms with Gasteiger partial charge in [-0.2, -0.15) is 0 Å². The highest BCUT2D eigenvalue weighted by molar-refractivity contribution is 6.10. The summed E-state index contributed by atoms with van der Waals surface area (Å²) >= 11 is 0. The highest BCUT2D eigenvalue weighted by atomic mass is 35.5. The van der Waals surface area contributed by atoms with Gasteiger partial charge in [-0.1, -0.05) is 18.2 Å². The van der Waals surface area contributed by atoms with Crippen molar-refractivity contribution in [2.75, 3.05) is 7.11 Å². The van der Waals surface area contributed by atoms with Crippen LogP contribution in [0.5, 0.6) is 5.75 Å². The number of methoxy groups -OCH3 is 1. The van der Waals surface area contributed by atoms with Crippen molar-refractivity contribution in [2.24, 2.45) is 7.05 Å².